The first-order valence-electron chi connectivity index (χ1n) is 3.81. The molecule has 1 aromatic heterocycles. The maximum atomic E-state index is 10.8. The first kappa shape index (κ1) is 9.37. The zero-order valence-electron chi connectivity index (χ0n) is 6.88. The number of aromatic amines is 1. The number of rotatable bonds is 1. The van der Waals surface area contributed by atoms with Crippen LogP contribution in [0.1, 0.15) is 0 Å². The van der Waals surface area contributed by atoms with Crippen molar-refractivity contribution >= 4 is 23.2 Å². The number of halogens is 2. The van der Waals surface area contributed by atoms with E-state index >= 15 is 0 Å². The van der Waals surface area contributed by atoms with Gasteiger partial charge in [0, 0.05) is 5.56 Å². The van der Waals surface area contributed by atoms with Crippen molar-refractivity contribution in [3.05, 3.63) is 44.7 Å². The van der Waals surface area contributed by atoms with Gasteiger partial charge in [0.25, 0.3) is 5.56 Å². The van der Waals surface area contributed by atoms with Crippen LogP contribution in [0.2, 0.25) is 10.0 Å². The van der Waals surface area contributed by atoms with Gasteiger partial charge in [-0.25, -0.2) is 0 Å². The standard InChI is InChI=1S/C9H5Cl2NO2/c10-6-3-1-2-5(9(6)11)7-4-8(13)12-14-7/h1-4H,(H,12,13). The van der Waals surface area contributed by atoms with Crippen molar-refractivity contribution in [2.45, 2.75) is 0 Å². The molecule has 1 aromatic carbocycles. The van der Waals surface area contributed by atoms with E-state index < -0.39 is 0 Å². The Kier molecular flexibility index (Phi) is 2.35. The smallest absolute Gasteiger partial charge is 0.280 e. The van der Waals surface area contributed by atoms with Gasteiger partial charge in [0.2, 0.25) is 0 Å². The Labute approximate surface area is 89.2 Å². The van der Waals surface area contributed by atoms with E-state index in [9.17, 15) is 4.79 Å². The average molecular weight is 230 g/mol. The van der Waals surface area contributed by atoms with Gasteiger partial charge in [-0.05, 0) is 12.1 Å². The van der Waals surface area contributed by atoms with E-state index in [4.69, 9.17) is 27.7 Å². The van der Waals surface area contributed by atoms with E-state index in [2.05, 4.69) is 5.16 Å². The largest absolute Gasteiger partial charge is 0.378 e. The minimum Gasteiger partial charge on any atom is -0.378 e. The highest BCUT2D eigenvalue weighted by Gasteiger charge is 2.10. The lowest BCUT2D eigenvalue weighted by Gasteiger charge is -2.00. The van der Waals surface area contributed by atoms with Crippen LogP contribution in [0.25, 0.3) is 11.3 Å². The second kappa shape index (κ2) is 3.52. The molecule has 0 aliphatic rings. The van der Waals surface area contributed by atoms with Gasteiger partial charge in [0.1, 0.15) is 0 Å². The summed E-state index contributed by atoms with van der Waals surface area (Å²) in [7, 11) is 0. The number of benzene rings is 1. The molecular formula is C9H5Cl2NO2. The lowest BCUT2D eigenvalue weighted by molar-refractivity contribution is 0.426. The first-order chi connectivity index (χ1) is 6.68. The van der Waals surface area contributed by atoms with Crippen LogP contribution in [0, 0.1) is 0 Å². The normalized spacial score (nSPS) is 10.4. The van der Waals surface area contributed by atoms with Crippen LogP contribution >= 0.6 is 23.2 Å². The van der Waals surface area contributed by atoms with Crippen LogP contribution in [0.5, 0.6) is 0 Å². The molecule has 0 aliphatic carbocycles. The fourth-order valence-corrected chi connectivity index (χ4v) is 1.50. The summed E-state index contributed by atoms with van der Waals surface area (Å²) in [4.78, 5) is 10.8. The van der Waals surface area contributed by atoms with E-state index in [-0.39, 0.29) is 5.56 Å². The molecule has 0 atom stereocenters. The molecule has 1 N–H and O–H groups in total. The molecule has 72 valence electrons. The Morgan fingerprint density at radius 1 is 1.29 bits per heavy atom. The van der Waals surface area contributed by atoms with Gasteiger partial charge in [-0.2, -0.15) is 5.16 Å². The van der Waals surface area contributed by atoms with Gasteiger partial charge in [0.15, 0.2) is 5.76 Å². The molecule has 0 bridgehead atoms. The molecule has 0 unspecified atom stereocenters. The van der Waals surface area contributed by atoms with Crippen LogP contribution in [-0.4, -0.2) is 5.16 Å². The van der Waals surface area contributed by atoms with E-state index in [0.29, 0.717) is 21.4 Å². The van der Waals surface area contributed by atoms with E-state index in [0.717, 1.165) is 0 Å². The minimum absolute atomic E-state index is 0.309. The Hall–Kier alpha value is -1.19. The third-order valence-corrected chi connectivity index (χ3v) is 2.56. The summed E-state index contributed by atoms with van der Waals surface area (Å²) >= 11 is 11.7. The van der Waals surface area contributed by atoms with E-state index in [1.165, 1.54) is 6.07 Å². The van der Waals surface area contributed by atoms with Crippen LogP contribution < -0.4 is 5.56 Å². The third-order valence-electron chi connectivity index (χ3n) is 1.74. The summed E-state index contributed by atoms with van der Waals surface area (Å²) in [6.45, 7) is 0. The number of nitrogens with one attached hydrogen (secondary N) is 1. The van der Waals surface area contributed by atoms with Crippen molar-refractivity contribution in [2.24, 2.45) is 0 Å². The summed E-state index contributed by atoms with van der Waals surface area (Å²) in [6, 6.07) is 6.44. The molecular weight excluding hydrogens is 225 g/mol. The van der Waals surface area contributed by atoms with Crippen LogP contribution in [0.3, 0.4) is 0 Å². The zero-order valence-corrected chi connectivity index (χ0v) is 8.39. The molecule has 0 fully saturated rings. The lowest BCUT2D eigenvalue weighted by Crippen LogP contribution is -1.92. The Morgan fingerprint density at radius 2 is 2.07 bits per heavy atom. The average Bonchev–Trinajstić information content (AvgIpc) is 2.57. The Morgan fingerprint density at radius 3 is 2.71 bits per heavy atom. The second-order valence-corrected chi connectivity index (χ2v) is 3.46. The Bertz CT molecular complexity index is 516. The summed E-state index contributed by atoms with van der Waals surface area (Å²) in [5.41, 5.74) is 0.286. The summed E-state index contributed by atoms with van der Waals surface area (Å²) in [5, 5.41) is 2.98. The highest BCUT2D eigenvalue weighted by Crippen LogP contribution is 2.32. The van der Waals surface area contributed by atoms with Crippen LogP contribution in [0.4, 0.5) is 0 Å². The molecule has 0 amide bonds. The first-order valence-corrected chi connectivity index (χ1v) is 4.57. The van der Waals surface area contributed by atoms with Crippen LogP contribution in [0.15, 0.2) is 33.6 Å². The van der Waals surface area contributed by atoms with Crippen LogP contribution in [-0.2, 0) is 0 Å². The molecule has 5 heteroatoms. The summed E-state index contributed by atoms with van der Waals surface area (Å²) in [6.07, 6.45) is 0. The number of hydrogen-bond acceptors (Lipinski definition) is 2. The van der Waals surface area contributed by atoms with Gasteiger partial charge in [-0.3, -0.25) is 4.79 Å². The molecule has 0 spiro atoms. The van der Waals surface area contributed by atoms with Gasteiger partial charge >= 0.3 is 0 Å². The van der Waals surface area contributed by atoms with Gasteiger partial charge in [0.05, 0.1) is 16.1 Å². The predicted octanol–water partition coefficient (Wildman–Crippen LogP) is 2.94. The number of hydrogen-bond donors (Lipinski definition) is 1. The maximum Gasteiger partial charge on any atom is 0.280 e. The molecule has 0 saturated carbocycles. The number of aromatic nitrogens is 1. The van der Waals surface area contributed by atoms with Crippen molar-refractivity contribution in [1.29, 1.82) is 0 Å². The topological polar surface area (TPSA) is 46.0 Å². The lowest BCUT2D eigenvalue weighted by atomic mass is 10.2. The maximum absolute atomic E-state index is 10.8. The van der Waals surface area contributed by atoms with Crippen molar-refractivity contribution in [3.8, 4) is 11.3 Å². The quantitative estimate of drug-likeness (QED) is 0.818. The molecule has 3 nitrogen and oxygen atoms in total. The van der Waals surface area contributed by atoms with Crippen molar-refractivity contribution < 1.29 is 4.52 Å². The molecule has 0 aliphatic heterocycles. The van der Waals surface area contributed by atoms with Gasteiger partial charge < -0.3 is 4.52 Å². The molecule has 0 radical (unpaired) electrons. The van der Waals surface area contributed by atoms with E-state index in [1.54, 1.807) is 18.2 Å². The fourth-order valence-electron chi connectivity index (χ4n) is 1.11. The summed E-state index contributed by atoms with van der Waals surface area (Å²) < 4.78 is 4.91. The predicted molar refractivity (Wildman–Crippen MR) is 54.8 cm³/mol. The third kappa shape index (κ3) is 1.56. The molecule has 2 aromatic rings. The second-order valence-electron chi connectivity index (χ2n) is 2.68. The van der Waals surface area contributed by atoms with Crippen molar-refractivity contribution in [3.63, 3.8) is 0 Å². The Balaban J connectivity index is 2.62. The molecule has 14 heavy (non-hydrogen) atoms. The summed E-state index contributed by atoms with van der Waals surface area (Å²) in [5.74, 6) is 0.377. The number of H-pyrrole nitrogens is 1. The van der Waals surface area contributed by atoms with E-state index in [1.807, 2.05) is 0 Å². The zero-order chi connectivity index (χ0) is 10.1. The van der Waals surface area contributed by atoms with Gasteiger partial charge in [-0.1, -0.05) is 29.3 Å². The van der Waals surface area contributed by atoms with Gasteiger partial charge in [-0.15, -0.1) is 0 Å². The highest BCUT2D eigenvalue weighted by molar-refractivity contribution is 6.43. The van der Waals surface area contributed by atoms with Crippen molar-refractivity contribution in [1.82, 2.24) is 5.16 Å². The fraction of sp³-hybridized carbons (Fsp3) is 0. The molecule has 2 rings (SSSR count). The van der Waals surface area contributed by atoms with Crippen molar-refractivity contribution in [2.75, 3.05) is 0 Å². The SMILES string of the molecule is O=c1cc(-c2cccc(Cl)c2Cl)o[nH]1. The minimum atomic E-state index is -0.309. The molecule has 0 saturated heterocycles. The highest BCUT2D eigenvalue weighted by atomic mass is 35.5. The monoisotopic (exact) mass is 229 g/mol. The molecule has 1 heterocycles.